The van der Waals surface area contributed by atoms with E-state index in [9.17, 15) is 5.11 Å². The molecule has 0 spiro atoms. The van der Waals surface area contributed by atoms with Crippen molar-refractivity contribution >= 4 is 10.8 Å². The van der Waals surface area contributed by atoms with Crippen molar-refractivity contribution in [3.8, 4) is 5.75 Å². The summed E-state index contributed by atoms with van der Waals surface area (Å²) >= 11 is 0. The van der Waals surface area contributed by atoms with Crippen LogP contribution in [0.1, 0.15) is 21.3 Å². The molecule has 0 aromatic heterocycles. The van der Waals surface area contributed by atoms with E-state index >= 15 is 0 Å². The van der Waals surface area contributed by atoms with Crippen LogP contribution in [0.25, 0.3) is 10.8 Å². The SMILES string of the molecule is C.CC(C)NC[C@@H](O)COc1cccc2ccccc12. The molecule has 3 heteroatoms. The van der Waals surface area contributed by atoms with Crippen LogP contribution in [0.2, 0.25) is 0 Å². The van der Waals surface area contributed by atoms with Crippen LogP contribution in [0.5, 0.6) is 5.75 Å². The molecule has 0 aliphatic heterocycles. The number of aliphatic hydroxyl groups excluding tert-OH is 1. The maximum atomic E-state index is 9.84. The minimum absolute atomic E-state index is 0. The van der Waals surface area contributed by atoms with Gasteiger partial charge in [-0.05, 0) is 11.5 Å². The molecular weight excluding hydrogens is 250 g/mol. The number of fused-ring (bicyclic) bond motifs is 1. The summed E-state index contributed by atoms with van der Waals surface area (Å²) in [6.07, 6.45) is -0.499. The second-order valence-electron chi connectivity index (χ2n) is 5.01. The van der Waals surface area contributed by atoms with Crippen LogP contribution in [0.15, 0.2) is 42.5 Å². The van der Waals surface area contributed by atoms with Gasteiger partial charge in [-0.25, -0.2) is 0 Å². The summed E-state index contributed by atoms with van der Waals surface area (Å²) in [5.74, 6) is 0.821. The zero-order valence-electron chi connectivity index (χ0n) is 11.5. The lowest BCUT2D eigenvalue weighted by Crippen LogP contribution is -2.35. The third-order valence-corrected chi connectivity index (χ3v) is 2.94. The summed E-state index contributed by atoms with van der Waals surface area (Å²) in [7, 11) is 0. The van der Waals surface area contributed by atoms with E-state index in [1.807, 2.05) is 30.3 Å². The van der Waals surface area contributed by atoms with Crippen LogP contribution >= 0.6 is 0 Å². The summed E-state index contributed by atoms with van der Waals surface area (Å²) in [6.45, 7) is 4.95. The first-order chi connectivity index (χ1) is 9.16. The zero-order chi connectivity index (χ0) is 13.7. The largest absolute Gasteiger partial charge is 0.490 e. The fourth-order valence-electron chi connectivity index (χ4n) is 1.94. The topological polar surface area (TPSA) is 41.5 Å². The Kier molecular flexibility index (Phi) is 6.49. The molecule has 0 saturated carbocycles. The Morgan fingerprint density at radius 3 is 2.55 bits per heavy atom. The van der Waals surface area contributed by atoms with Crippen molar-refractivity contribution in [3.63, 3.8) is 0 Å². The molecule has 0 fully saturated rings. The monoisotopic (exact) mass is 275 g/mol. The van der Waals surface area contributed by atoms with E-state index in [-0.39, 0.29) is 7.43 Å². The highest BCUT2D eigenvalue weighted by Gasteiger charge is 2.07. The molecule has 0 amide bonds. The lowest BCUT2D eigenvalue weighted by molar-refractivity contribution is 0.105. The normalized spacial score (nSPS) is 12.2. The average molecular weight is 275 g/mol. The van der Waals surface area contributed by atoms with E-state index in [4.69, 9.17) is 4.74 Å². The summed E-state index contributed by atoms with van der Waals surface area (Å²) < 4.78 is 5.72. The van der Waals surface area contributed by atoms with Gasteiger partial charge < -0.3 is 15.2 Å². The van der Waals surface area contributed by atoms with Gasteiger partial charge in [-0.3, -0.25) is 0 Å². The number of aliphatic hydroxyl groups is 1. The highest BCUT2D eigenvalue weighted by molar-refractivity contribution is 5.88. The van der Waals surface area contributed by atoms with Crippen molar-refractivity contribution in [2.24, 2.45) is 0 Å². The molecule has 20 heavy (non-hydrogen) atoms. The number of hydrogen-bond donors (Lipinski definition) is 2. The molecule has 2 aromatic carbocycles. The van der Waals surface area contributed by atoms with Gasteiger partial charge in [-0.1, -0.05) is 57.7 Å². The number of ether oxygens (including phenoxy) is 1. The van der Waals surface area contributed by atoms with Gasteiger partial charge in [0.05, 0.1) is 0 Å². The molecule has 0 radical (unpaired) electrons. The van der Waals surface area contributed by atoms with Crippen molar-refractivity contribution in [1.82, 2.24) is 5.32 Å². The number of nitrogens with one attached hydrogen (secondary N) is 1. The Labute approximate surface area is 121 Å². The van der Waals surface area contributed by atoms with Crippen molar-refractivity contribution in [2.75, 3.05) is 13.2 Å². The fraction of sp³-hybridized carbons (Fsp3) is 0.412. The Hall–Kier alpha value is -1.58. The van der Waals surface area contributed by atoms with E-state index in [0.29, 0.717) is 19.2 Å². The minimum Gasteiger partial charge on any atom is -0.490 e. The van der Waals surface area contributed by atoms with Crippen LogP contribution in [0.3, 0.4) is 0 Å². The lowest BCUT2D eigenvalue weighted by Gasteiger charge is -2.15. The Morgan fingerprint density at radius 2 is 1.80 bits per heavy atom. The lowest BCUT2D eigenvalue weighted by atomic mass is 10.1. The Morgan fingerprint density at radius 1 is 1.10 bits per heavy atom. The number of hydrogen-bond acceptors (Lipinski definition) is 3. The smallest absolute Gasteiger partial charge is 0.127 e. The molecule has 0 bridgehead atoms. The molecule has 2 rings (SSSR count). The van der Waals surface area contributed by atoms with Gasteiger partial charge in [0.15, 0.2) is 0 Å². The summed E-state index contributed by atoms with van der Waals surface area (Å²) in [5, 5.41) is 15.3. The quantitative estimate of drug-likeness (QED) is 0.850. The second-order valence-corrected chi connectivity index (χ2v) is 5.01. The van der Waals surface area contributed by atoms with Crippen LogP contribution < -0.4 is 10.1 Å². The molecule has 0 saturated heterocycles. The Bertz CT molecular complexity index is 520. The molecule has 3 nitrogen and oxygen atoms in total. The molecule has 2 aromatic rings. The van der Waals surface area contributed by atoms with E-state index in [1.165, 1.54) is 0 Å². The van der Waals surface area contributed by atoms with Gasteiger partial charge in [-0.2, -0.15) is 0 Å². The first-order valence-corrected chi connectivity index (χ1v) is 6.69. The highest BCUT2D eigenvalue weighted by Crippen LogP contribution is 2.25. The van der Waals surface area contributed by atoms with Crippen LogP contribution in [-0.4, -0.2) is 30.4 Å². The molecule has 110 valence electrons. The first kappa shape index (κ1) is 16.5. The van der Waals surface area contributed by atoms with Crippen molar-refractivity contribution in [3.05, 3.63) is 42.5 Å². The molecule has 0 heterocycles. The van der Waals surface area contributed by atoms with E-state index in [0.717, 1.165) is 16.5 Å². The van der Waals surface area contributed by atoms with Crippen LogP contribution in [0, 0.1) is 0 Å². The maximum absolute atomic E-state index is 9.84. The van der Waals surface area contributed by atoms with E-state index in [2.05, 4.69) is 31.3 Å². The van der Waals surface area contributed by atoms with Gasteiger partial charge in [0, 0.05) is 18.0 Å². The molecular formula is C17H25NO2. The minimum atomic E-state index is -0.499. The third-order valence-electron chi connectivity index (χ3n) is 2.94. The first-order valence-electron chi connectivity index (χ1n) is 6.69. The number of rotatable bonds is 6. The summed E-state index contributed by atoms with van der Waals surface area (Å²) in [6, 6.07) is 14.4. The maximum Gasteiger partial charge on any atom is 0.127 e. The standard InChI is InChI=1S/C16H21NO2.CH4/c1-12(2)17-10-14(18)11-19-16-9-5-7-13-6-3-4-8-15(13)16;/h3-9,12,14,17-18H,10-11H2,1-2H3;1H4/t14-;/m1./s1. The molecule has 0 unspecified atom stereocenters. The predicted octanol–water partition coefficient (Wildman–Crippen LogP) is 3.21. The van der Waals surface area contributed by atoms with Crippen LogP contribution in [0.4, 0.5) is 0 Å². The predicted molar refractivity (Wildman–Crippen MR) is 85.3 cm³/mol. The van der Waals surface area contributed by atoms with E-state index < -0.39 is 6.10 Å². The molecule has 0 aliphatic carbocycles. The highest BCUT2D eigenvalue weighted by atomic mass is 16.5. The Balaban J connectivity index is 0.00000200. The third kappa shape index (κ3) is 4.51. The van der Waals surface area contributed by atoms with Gasteiger partial charge in [-0.15, -0.1) is 0 Å². The fourth-order valence-corrected chi connectivity index (χ4v) is 1.94. The second kappa shape index (κ2) is 7.88. The van der Waals surface area contributed by atoms with Crippen molar-refractivity contribution in [2.45, 2.75) is 33.4 Å². The molecule has 1 atom stereocenters. The van der Waals surface area contributed by atoms with Crippen molar-refractivity contribution in [1.29, 1.82) is 0 Å². The van der Waals surface area contributed by atoms with Crippen molar-refractivity contribution < 1.29 is 9.84 Å². The molecule has 2 N–H and O–H groups in total. The zero-order valence-corrected chi connectivity index (χ0v) is 11.5. The van der Waals surface area contributed by atoms with E-state index in [1.54, 1.807) is 0 Å². The average Bonchev–Trinajstić information content (AvgIpc) is 2.42. The van der Waals surface area contributed by atoms with Gasteiger partial charge in [0.25, 0.3) is 0 Å². The van der Waals surface area contributed by atoms with Gasteiger partial charge in [0.1, 0.15) is 18.5 Å². The van der Waals surface area contributed by atoms with Gasteiger partial charge in [0.2, 0.25) is 0 Å². The van der Waals surface area contributed by atoms with Crippen LogP contribution in [-0.2, 0) is 0 Å². The molecule has 0 aliphatic rings. The summed E-state index contributed by atoms with van der Waals surface area (Å²) in [5.41, 5.74) is 0. The summed E-state index contributed by atoms with van der Waals surface area (Å²) in [4.78, 5) is 0. The van der Waals surface area contributed by atoms with Gasteiger partial charge >= 0.3 is 0 Å². The number of benzene rings is 2.